The van der Waals surface area contributed by atoms with Crippen molar-refractivity contribution in [3.8, 4) is 11.3 Å². The summed E-state index contributed by atoms with van der Waals surface area (Å²) in [5.74, 6) is -0.160. The molecule has 2 aromatic rings. The normalized spacial score (nSPS) is 18.5. The third-order valence-corrected chi connectivity index (χ3v) is 4.95. The van der Waals surface area contributed by atoms with Gasteiger partial charge in [-0.1, -0.05) is 12.8 Å². The Balaban J connectivity index is 1.85. The van der Waals surface area contributed by atoms with Crippen molar-refractivity contribution in [2.45, 2.75) is 38.0 Å². The molecule has 4 rings (SSSR count). The van der Waals surface area contributed by atoms with Crippen molar-refractivity contribution in [3.05, 3.63) is 47.4 Å². The number of aromatic nitrogens is 1. The van der Waals surface area contributed by atoms with Gasteiger partial charge < -0.3 is 5.32 Å². The highest BCUT2D eigenvalue weighted by atomic mass is 19.1. The van der Waals surface area contributed by atoms with Gasteiger partial charge in [0, 0.05) is 5.56 Å². The Kier molecular flexibility index (Phi) is 2.83. The Hall–Kier alpha value is -2.23. The van der Waals surface area contributed by atoms with Gasteiger partial charge in [-0.05, 0) is 55.7 Å². The molecule has 4 heteroatoms. The number of pyridine rings is 1. The molecule has 1 N–H and O–H groups in total. The third-order valence-electron chi connectivity index (χ3n) is 4.95. The van der Waals surface area contributed by atoms with Gasteiger partial charge in [-0.3, -0.25) is 4.79 Å². The SMILES string of the molecule is Cc1cc(F)ccc1-c1ccc2c(n1)C1(CCCC1)C(=O)N2. The van der Waals surface area contributed by atoms with Crippen molar-refractivity contribution in [1.82, 2.24) is 4.98 Å². The van der Waals surface area contributed by atoms with E-state index in [1.807, 2.05) is 19.1 Å². The maximum atomic E-state index is 13.3. The minimum Gasteiger partial charge on any atom is -0.324 e. The second kappa shape index (κ2) is 4.63. The number of hydrogen-bond acceptors (Lipinski definition) is 2. The van der Waals surface area contributed by atoms with Crippen LogP contribution in [-0.4, -0.2) is 10.9 Å². The van der Waals surface area contributed by atoms with Gasteiger partial charge in [-0.15, -0.1) is 0 Å². The van der Waals surface area contributed by atoms with E-state index in [4.69, 9.17) is 4.98 Å². The lowest BCUT2D eigenvalue weighted by molar-refractivity contribution is -0.120. The number of hydrogen-bond donors (Lipinski definition) is 1. The molecule has 1 aliphatic carbocycles. The number of benzene rings is 1. The first kappa shape index (κ1) is 13.4. The zero-order valence-electron chi connectivity index (χ0n) is 12.4. The molecule has 0 unspecified atom stereocenters. The van der Waals surface area contributed by atoms with E-state index in [-0.39, 0.29) is 11.7 Å². The lowest BCUT2D eigenvalue weighted by Gasteiger charge is -2.20. The quantitative estimate of drug-likeness (QED) is 0.865. The van der Waals surface area contributed by atoms with Crippen LogP contribution in [0.5, 0.6) is 0 Å². The molecule has 0 radical (unpaired) electrons. The number of halogens is 1. The molecule has 3 nitrogen and oxygen atoms in total. The lowest BCUT2D eigenvalue weighted by atomic mass is 9.83. The molecule has 1 amide bonds. The maximum Gasteiger partial charge on any atom is 0.236 e. The molecule has 0 atom stereocenters. The molecule has 1 aromatic carbocycles. The molecule has 0 bridgehead atoms. The Bertz CT molecular complexity index is 779. The molecule has 112 valence electrons. The fourth-order valence-electron chi connectivity index (χ4n) is 3.78. The fraction of sp³-hybridized carbons (Fsp3) is 0.333. The summed E-state index contributed by atoms with van der Waals surface area (Å²) in [6.07, 6.45) is 3.86. The summed E-state index contributed by atoms with van der Waals surface area (Å²) >= 11 is 0. The Labute approximate surface area is 128 Å². The third kappa shape index (κ3) is 1.79. The first-order chi connectivity index (χ1) is 10.6. The minimum absolute atomic E-state index is 0.0838. The number of amides is 1. The van der Waals surface area contributed by atoms with Crippen LogP contribution in [0.4, 0.5) is 10.1 Å². The van der Waals surface area contributed by atoms with Crippen molar-refractivity contribution in [2.24, 2.45) is 0 Å². The topological polar surface area (TPSA) is 42.0 Å². The van der Waals surface area contributed by atoms with E-state index < -0.39 is 5.41 Å². The van der Waals surface area contributed by atoms with E-state index in [0.717, 1.165) is 53.9 Å². The van der Waals surface area contributed by atoms with Crippen LogP contribution in [0.1, 0.15) is 36.9 Å². The van der Waals surface area contributed by atoms with Crippen molar-refractivity contribution < 1.29 is 9.18 Å². The van der Waals surface area contributed by atoms with Crippen LogP contribution in [0.15, 0.2) is 30.3 Å². The van der Waals surface area contributed by atoms with E-state index >= 15 is 0 Å². The number of rotatable bonds is 1. The van der Waals surface area contributed by atoms with Gasteiger partial charge in [0.1, 0.15) is 5.82 Å². The van der Waals surface area contributed by atoms with Gasteiger partial charge in [0.05, 0.1) is 22.5 Å². The predicted octanol–water partition coefficient (Wildman–Crippen LogP) is 3.96. The number of aryl methyl sites for hydroxylation is 1. The summed E-state index contributed by atoms with van der Waals surface area (Å²) < 4.78 is 13.3. The number of nitrogens with zero attached hydrogens (tertiary/aromatic N) is 1. The Morgan fingerprint density at radius 2 is 1.95 bits per heavy atom. The molecule has 2 aliphatic rings. The molecule has 1 saturated carbocycles. The second-order valence-electron chi connectivity index (χ2n) is 6.30. The minimum atomic E-state index is -0.445. The van der Waals surface area contributed by atoms with Crippen LogP contribution in [0, 0.1) is 12.7 Å². The standard InChI is InChI=1S/C18H17FN2O/c1-11-10-12(19)4-5-13(11)14-6-7-15-16(20-14)18(17(22)21-15)8-2-3-9-18/h4-7,10H,2-3,8-9H2,1H3,(H,21,22). The largest absolute Gasteiger partial charge is 0.324 e. The Morgan fingerprint density at radius 1 is 1.18 bits per heavy atom. The van der Waals surface area contributed by atoms with Crippen LogP contribution < -0.4 is 5.32 Å². The van der Waals surface area contributed by atoms with E-state index in [1.165, 1.54) is 12.1 Å². The molecule has 0 saturated heterocycles. The van der Waals surface area contributed by atoms with Crippen LogP contribution in [0.25, 0.3) is 11.3 Å². The highest BCUT2D eigenvalue weighted by Crippen LogP contribution is 2.48. The summed E-state index contributed by atoms with van der Waals surface area (Å²) in [7, 11) is 0. The predicted molar refractivity (Wildman–Crippen MR) is 83.1 cm³/mol. The van der Waals surface area contributed by atoms with Crippen molar-refractivity contribution in [1.29, 1.82) is 0 Å². The average Bonchev–Trinajstić information content (AvgIpc) is 3.07. The number of fused-ring (bicyclic) bond motifs is 2. The molecule has 22 heavy (non-hydrogen) atoms. The van der Waals surface area contributed by atoms with Crippen molar-refractivity contribution >= 4 is 11.6 Å². The summed E-state index contributed by atoms with van der Waals surface area (Å²) in [6.45, 7) is 1.88. The van der Waals surface area contributed by atoms with Gasteiger partial charge in [0.2, 0.25) is 5.91 Å². The van der Waals surface area contributed by atoms with E-state index in [9.17, 15) is 9.18 Å². The first-order valence-corrected chi connectivity index (χ1v) is 7.70. The number of carbonyl (C=O) groups is 1. The van der Waals surface area contributed by atoms with E-state index in [1.54, 1.807) is 6.07 Å². The number of carbonyl (C=O) groups excluding carboxylic acids is 1. The molecule has 1 spiro atoms. The van der Waals surface area contributed by atoms with Crippen molar-refractivity contribution in [3.63, 3.8) is 0 Å². The lowest BCUT2D eigenvalue weighted by Crippen LogP contribution is -2.31. The fourth-order valence-corrected chi connectivity index (χ4v) is 3.78. The zero-order valence-corrected chi connectivity index (χ0v) is 12.4. The first-order valence-electron chi connectivity index (χ1n) is 7.70. The summed E-state index contributed by atoms with van der Waals surface area (Å²) in [5.41, 5.74) is 3.83. The van der Waals surface area contributed by atoms with Crippen LogP contribution in [0.3, 0.4) is 0 Å². The zero-order chi connectivity index (χ0) is 15.3. The van der Waals surface area contributed by atoms with Gasteiger partial charge in [0.15, 0.2) is 0 Å². The molecule has 1 aliphatic heterocycles. The van der Waals surface area contributed by atoms with Gasteiger partial charge in [-0.25, -0.2) is 9.37 Å². The van der Waals surface area contributed by atoms with Gasteiger partial charge in [0.25, 0.3) is 0 Å². The summed E-state index contributed by atoms with van der Waals surface area (Å²) in [4.78, 5) is 17.2. The van der Waals surface area contributed by atoms with Crippen LogP contribution in [-0.2, 0) is 10.2 Å². The number of anilines is 1. The second-order valence-corrected chi connectivity index (χ2v) is 6.30. The van der Waals surface area contributed by atoms with E-state index in [0.29, 0.717) is 0 Å². The van der Waals surface area contributed by atoms with E-state index in [2.05, 4.69) is 5.32 Å². The molecule has 2 heterocycles. The highest BCUT2D eigenvalue weighted by molar-refractivity contribution is 6.06. The average molecular weight is 296 g/mol. The maximum absolute atomic E-state index is 13.3. The van der Waals surface area contributed by atoms with Crippen molar-refractivity contribution in [2.75, 3.05) is 5.32 Å². The summed E-state index contributed by atoms with van der Waals surface area (Å²) in [5, 5.41) is 2.97. The van der Waals surface area contributed by atoms with Crippen LogP contribution >= 0.6 is 0 Å². The molecular weight excluding hydrogens is 279 g/mol. The molecular formula is C18H17FN2O. The number of nitrogens with one attached hydrogen (secondary N) is 1. The molecule has 1 fully saturated rings. The van der Waals surface area contributed by atoms with Gasteiger partial charge in [-0.2, -0.15) is 0 Å². The highest BCUT2D eigenvalue weighted by Gasteiger charge is 2.49. The smallest absolute Gasteiger partial charge is 0.236 e. The summed E-state index contributed by atoms with van der Waals surface area (Å²) in [6, 6.07) is 8.54. The van der Waals surface area contributed by atoms with Gasteiger partial charge >= 0.3 is 0 Å². The monoisotopic (exact) mass is 296 g/mol. The molecule has 1 aromatic heterocycles. The van der Waals surface area contributed by atoms with Crippen LogP contribution in [0.2, 0.25) is 0 Å². The Morgan fingerprint density at radius 3 is 2.68 bits per heavy atom.